The number of morpholine rings is 1. The first kappa shape index (κ1) is 16.8. The normalized spacial score (nSPS) is 15.0. The highest BCUT2D eigenvalue weighted by atomic mass is 35.5. The van der Waals surface area contributed by atoms with Gasteiger partial charge in [0.15, 0.2) is 0 Å². The van der Waals surface area contributed by atoms with Gasteiger partial charge in [-0.1, -0.05) is 25.4 Å². The van der Waals surface area contributed by atoms with E-state index in [4.69, 9.17) is 16.3 Å². The quantitative estimate of drug-likeness (QED) is 0.926. The standard InChI is InChI=1S/C16H21ClN2O3/c1-11(2)9-15(20)18-14-10-12(3-4-13(14)17)16(21)19-5-7-22-8-6-19/h3-4,10-11H,5-9H2,1-2H3,(H,18,20). The number of ether oxygens (including phenoxy) is 1. The number of halogens is 1. The zero-order chi connectivity index (χ0) is 16.1. The smallest absolute Gasteiger partial charge is 0.254 e. The van der Waals surface area contributed by atoms with Crippen LogP contribution in [0.15, 0.2) is 18.2 Å². The summed E-state index contributed by atoms with van der Waals surface area (Å²) in [5, 5.41) is 3.20. The first-order valence-electron chi connectivity index (χ1n) is 7.44. The van der Waals surface area contributed by atoms with Crippen molar-refractivity contribution in [2.45, 2.75) is 20.3 Å². The molecule has 0 radical (unpaired) electrons. The molecule has 1 aliphatic rings. The molecule has 1 fully saturated rings. The molecule has 0 atom stereocenters. The van der Waals surface area contributed by atoms with Crippen LogP contribution in [0.4, 0.5) is 5.69 Å². The van der Waals surface area contributed by atoms with Gasteiger partial charge in [0.05, 0.1) is 23.9 Å². The minimum Gasteiger partial charge on any atom is -0.378 e. The maximum Gasteiger partial charge on any atom is 0.254 e. The molecule has 5 nitrogen and oxygen atoms in total. The lowest BCUT2D eigenvalue weighted by atomic mass is 10.1. The molecule has 6 heteroatoms. The Kier molecular flexibility index (Phi) is 5.80. The zero-order valence-electron chi connectivity index (χ0n) is 12.9. The van der Waals surface area contributed by atoms with Crippen LogP contribution in [0.5, 0.6) is 0 Å². The van der Waals surface area contributed by atoms with Crippen LogP contribution in [0.1, 0.15) is 30.6 Å². The minimum atomic E-state index is -0.104. The highest BCUT2D eigenvalue weighted by molar-refractivity contribution is 6.33. The maximum atomic E-state index is 12.4. The van der Waals surface area contributed by atoms with Gasteiger partial charge in [-0.05, 0) is 24.1 Å². The Hall–Kier alpha value is -1.59. The minimum absolute atomic E-state index is 0.0701. The Morgan fingerprint density at radius 2 is 2.00 bits per heavy atom. The number of carbonyl (C=O) groups excluding carboxylic acids is 2. The van der Waals surface area contributed by atoms with E-state index in [0.717, 1.165) is 0 Å². The second kappa shape index (κ2) is 7.61. The van der Waals surface area contributed by atoms with Crippen molar-refractivity contribution >= 4 is 29.1 Å². The molecule has 120 valence electrons. The Labute approximate surface area is 135 Å². The Balaban J connectivity index is 2.11. The van der Waals surface area contributed by atoms with Gasteiger partial charge in [-0.15, -0.1) is 0 Å². The van der Waals surface area contributed by atoms with Crippen molar-refractivity contribution in [2.24, 2.45) is 5.92 Å². The number of rotatable bonds is 4. The molecule has 1 aromatic rings. The highest BCUT2D eigenvalue weighted by Gasteiger charge is 2.19. The monoisotopic (exact) mass is 324 g/mol. The third kappa shape index (κ3) is 4.45. The molecule has 0 saturated carbocycles. The van der Waals surface area contributed by atoms with E-state index < -0.39 is 0 Å². The van der Waals surface area contributed by atoms with E-state index >= 15 is 0 Å². The van der Waals surface area contributed by atoms with Crippen LogP contribution in [0.2, 0.25) is 5.02 Å². The van der Waals surface area contributed by atoms with Crippen molar-refractivity contribution in [2.75, 3.05) is 31.6 Å². The summed E-state index contributed by atoms with van der Waals surface area (Å²) < 4.78 is 5.25. The lowest BCUT2D eigenvalue weighted by Gasteiger charge is -2.27. The molecule has 1 N–H and O–H groups in total. The van der Waals surface area contributed by atoms with Gasteiger partial charge in [-0.3, -0.25) is 9.59 Å². The second-order valence-electron chi connectivity index (χ2n) is 5.75. The van der Waals surface area contributed by atoms with Gasteiger partial charge in [-0.2, -0.15) is 0 Å². The van der Waals surface area contributed by atoms with Crippen molar-refractivity contribution in [3.8, 4) is 0 Å². The molecule has 2 rings (SSSR count). The fraction of sp³-hybridized carbons (Fsp3) is 0.500. The summed E-state index contributed by atoms with van der Waals surface area (Å²) in [7, 11) is 0. The molecular formula is C16H21ClN2O3. The van der Waals surface area contributed by atoms with Crippen LogP contribution < -0.4 is 5.32 Å². The van der Waals surface area contributed by atoms with Gasteiger partial charge in [-0.25, -0.2) is 0 Å². The lowest BCUT2D eigenvalue weighted by molar-refractivity contribution is -0.116. The third-order valence-electron chi connectivity index (χ3n) is 3.38. The molecule has 1 aliphatic heterocycles. The third-order valence-corrected chi connectivity index (χ3v) is 3.71. The lowest BCUT2D eigenvalue weighted by Crippen LogP contribution is -2.40. The van der Waals surface area contributed by atoms with Crippen molar-refractivity contribution < 1.29 is 14.3 Å². The number of anilines is 1. The number of carbonyl (C=O) groups is 2. The van der Waals surface area contributed by atoms with Gasteiger partial charge < -0.3 is 15.0 Å². The number of hydrogen-bond acceptors (Lipinski definition) is 3. The zero-order valence-corrected chi connectivity index (χ0v) is 13.7. The van der Waals surface area contributed by atoms with Gasteiger partial charge in [0.2, 0.25) is 5.91 Å². The van der Waals surface area contributed by atoms with E-state index in [1.807, 2.05) is 13.8 Å². The van der Waals surface area contributed by atoms with Gasteiger partial charge >= 0.3 is 0 Å². The summed E-state index contributed by atoms with van der Waals surface area (Å²) in [5.41, 5.74) is 0.998. The summed E-state index contributed by atoms with van der Waals surface area (Å²) in [5.74, 6) is 0.0872. The van der Waals surface area contributed by atoms with Gasteiger partial charge in [0.1, 0.15) is 0 Å². The van der Waals surface area contributed by atoms with Crippen molar-refractivity contribution in [3.05, 3.63) is 28.8 Å². The molecule has 0 bridgehead atoms. The van der Waals surface area contributed by atoms with Crippen molar-refractivity contribution in [3.63, 3.8) is 0 Å². The number of hydrogen-bond donors (Lipinski definition) is 1. The van der Waals surface area contributed by atoms with E-state index in [1.165, 1.54) is 0 Å². The Bertz CT molecular complexity index is 554. The van der Waals surface area contributed by atoms with Gasteiger partial charge in [0.25, 0.3) is 5.91 Å². The SMILES string of the molecule is CC(C)CC(=O)Nc1cc(C(=O)N2CCOCC2)ccc1Cl. The average Bonchev–Trinajstić information content (AvgIpc) is 2.49. The van der Waals surface area contributed by atoms with E-state index in [2.05, 4.69) is 5.32 Å². The molecule has 2 amide bonds. The van der Waals surface area contributed by atoms with E-state index in [1.54, 1.807) is 23.1 Å². The molecule has 1 heterocycles. The number of amides is 2. The van der Waals surface area contributed by atoms with Crippen LogP contribution in [-0.2, 0) is 9.53 Å². The molecule has 0 spiro atoms. The van der Waals surface area contributed by atoms with Crippen molar-refractivity contribution in [1.29, 1.82) is 0 Å². The summed E-state index contributed by atoms with van der Waals surface area (Å²) in [6.07, 6.45) is 0.415. The molecule has 0 unspecified atom stereocenters. The second-order valence-corrected chi connectivity index (χ2v) is 6.15. The number of benzene rings is 1. The summed E-state index contributed by atoms with van der Waals surface area (Å²) in [6.45, 7) is 6.21. The average molecular weight is 325 g/mol. The fourth-order valence-corrected chi connectivity index (χ4v) is 2.44. The highest BCUT2D eigenvalue weighted by Crippen LogP contribution is 2.24. The first-order chi connectivity index (χ1) is 10.5. The predicted octanol–water partition coefficient (Wildman–Crippen LogP) is 2.80. The molecule has 22 heavy (non-hydrogen) atoms. The molecule has 0 aliphatic carbocycles. The molecule has 1 aromatic carbocycles. The van der Waals surface area contributed by atoms with Crippen LogP contribution in [0.3, 0.4) is 0 Å². The van der Waals surface area contributed by atoms with Crippen molar-refractivity contribution in [1.82, 2.24) is 4.90 Å². The summed E-state index contributed by atoms with van der Waals surface area (Å²) in [4.78, 5) is 26.1. The van der Waals surface area contributed by atoms with Crippen LogP contribution in [0, 0.1) is 5.92 Å². The predicted molar refractivity (Wildman–Crippen MR) is 86.3 cm³/mol. The largest absolute Gasteiger partial charge is 0.378 e. The van der Waals surface area contributed by atoms with E-state index in [9.17, 15) is 9.59 Å². The van der Waals surface area contributed by atoms with Crippen LogP contribution in [0.25, 0.3) is 0 Å². The Morgan fingerprint density at radius 1 is 1.32 bits per heavy atom. The molecule has 0 aromatic heterocycles. The summed E-state index contributed by atoms with van der Waals surface area (Å²) >= 11 is 6.11. The fourth-order valence-electron chi connectivity index (χ4n) is 2.28. The number of nitrogens with one attached hydrogen (secondary N) is 1. The van der Waals surface area contributed by atoms with Crippen LogP contribution >= 0.6 is 11.6 Å². The number of nitrogens with zero attached hydrogens (tertiary/aromatic N) is 1. The van der Waals surface area contributed by atoms with E-state index in [-0.39, 0.29) is 17.7 Å². The van der Waals surface area contributed by atoms with Gasteiger partial charge in [0, 0.05) is 25.1 Å². The maximum absolute atomic E-state index is 12.4. The molecular weight excluding hydrogens is 304 g/mol. The molecule has 1 saturated heterocycles. The Morgan fingerprint density at radius 3 is 2.64 bits per heavy atom. The van der Waals surface area contributed by atoms with E-state index in [0.29, 0.717) is 49.0 Å². The van der Waals surface area contributed by atoms with Crippen LogP contribution in [-0.4, -0.2) is 43.0 Å². The summed E-state index contributed by atoms with van der Waals surface area (Å²) in [6, 6.07) is 4.96. The first-order valence-corrected chi connectivity index (χ1v) is 7.81. The topological polar surface area (TPSA) is 58.6 Å².